The molecule has 0 saturated carbocycles. The van der Waals surface area contributed by atoms with Crippen LogP contribution in [0.15, 0.2) is 53.0 Å². The third-order valence-electron chi connectivity index (χ3n) is 3.72. The zero-order valence-corrected chi connectivity index (χ0v) is 16.6. The van der Waals surface area contributed by atoms with E-state index >= 15 is 0 Å². The van der Waals surface area contributed by atoms with E-state index in [1.165, 1.54) is 0 Å². The minimum absolute atomic E-state index is 0.238. The second-order valence-electron chi connectivity index (χ2n) is 5.66. The monoisotopic (exact) mass is 429 g/mol. The van der Waals surface area contributed by atoms with E-state index in [-0.39, 0.29) is 11.8 Å². The molecule has 0 bridgehead atoms. The minimum atomic E-state index is -0.267. The van der Waals surface area contributed by atoms with Gasteiger partial charge >= 0.3 is 0 Å². The smallest absolute Gasteiger partial charge is 0.267 e. The lowest BCUT2D eigenvalue weighted by atomic mass is 10.2. The standard InChI is InChI=1S/C19H16BrN3O2S/c1-11-5-3-4-6-15(11)22-18(25)16-12(2)21-19(26-16)23-17(24)13-7-9-14(20)10-8-13/h3-10H,1-2H3,(H,22,25)(H,21,23,24). The summed E-state index contributed by atoms with van der Waals surface area (Å²) >= 11 is 4.49. The van der Waals surface area contributed by atoms with Gasteiger partial charge in [-0.2, -0.15) is 0 Å². The van der Waals surface area contributed by atoms with Gasteiger partial charge in [0.2, 0.25) is 0 Å². The summed E-state index contributed by atoms with van der Waals surface area (Å²) in [6.07, 6.45) is 0. The average Bonchev–Trinajstić information content (AvgIpc) is 2.98. The summed E-state index contributed by atoms with van der Waals surface area (Å²) < 4.78 is 0.898. The van der Waals surface area contributed by atoms with E-state index in [2.05, 4.69) is 31.5 Å². The molecule has 3 rings (SSSR count). The van der Waals surface area contributed by atoms with Crippen LogP contribution in [0.4, 0.5) is 10.8 Å². The lowest BCUT2D eigenvalue weighted by Crippen LogP contribution is -2.12. The van der Waals surface area contributed by atoms with Crippen molar-refractivity contribution >= 4 is 49.9 Å². The van der Waals surface area contributed by atoms with E-state index in [4.69, 9.17) is 0 Å². The number of halogens is 1. The summed E-state index contributed by atoms with van der Waals surface area (Å²) in [6, 6.07) is 14.6. The first-order chi connectivity index (χ1) is 12.4. The van der Waals surface area contributed by atoms with E-state index in [1.54, 1.807) is 31.2 Å². The topological polar surface area (TPSA) is 71.1 Å². The van der Waals surface area contributed by atoms with Crippen molar-refractivity contribution in [1.82, 2.24) is 4.98 Å². The van der Waals surface area contributed by atoms with Gasteiger partial charge in [0.15, 0.2) is 5.13 Å². The van der Waals surface area contributed by atoms with E-state index < -0.39 is 0 Å². The molecule has 2 amide bonds. The van der Waals surface area contributed by atoms with Gasteiger partial charge in [-0.05, 0) is 49.7 Å². The number of rotatable bonds is 4. The Balaban J connectivity index is 1.74. The van der Waals surface area contributed by atoms with Gasteiger partial charge in [0.1, 0.15) is 4.88 Å². The molecular formula is C19H16BrN3O2S. The van der Waals surface area contributed by atoms with Crippen molar-refractivity contribution in [3.8, 4) is 0 Å². The van der Waals surface area contributed by atoms with Crippen molar-refractivity contribution in [2.24, 2.45) is 0 Å². The number of aryl methyl sites for hydroxylation is 2. The summed E-state index contributed by atoms with van der Waals surface area (Å²) in [6.45, 7) is 3.68. The Kier molecular flexibility index (Phi) is 5.49. The maximum atomic E-state index is 12.5. The Hall–Kier alpha value is -2.51. The maximum Gasteiger partial charge on any atom is 0.267 e. The highest BCUT2D eigenvalue weighted by molar-refractivity contribution is 9.10. The highest BCUT2D eigenvalue weighted by Gasteiger charge is 2.17. The van der Waals surface area contributed by atoms with E-state index in [1.807, 2.05) is 31.2 Å². The van der Waals surface area contributed by atoms with Crippen molar-refractivity contribution < 1.29 is 9.59 Å². The Labute approximate surface area is 163 Å². The molecule has 3 aromatic rings. The molecule has 0 aliphatic rings. The molecule has 0 fully saturated rings. The highest BCUT2D eigenvalue weighted by atomic mass is 79.9. The number of carbonyl (C=O) groups is 2. The van der Waals surface area contributed by atoms with Crippen LogP contribution in [0.2, 0.25) is 0 Å². The molecule has 0 radical (unpaired) electrons. The lowest BCUT2D eigenvalue weighted by molar-refractivity contribution is 0.102. The SMILES string of the molecule is Cc1ccccc1NC(=O)c1sc(NC(=O)c2ccc(Br)cc2)nc1C. The first-order valence-electron chi connectivity index (χ1n) is 7.85. The summed E-state index contributed by atoms with van der Waals surface area (Å²) in [4.78, 5) is 29.6. The molecule has 1 heterocycles. The predicted octanol–water partition coefficient (Wildman–Crippen LogP) is 5.03. The number of para-hydroxylation sites is 1. The van der Waals surface area contributed by atoms with Crippen molar-refractivity contribution in [3.05, 3.63) is 74.7 Å². The Morgan fingerprint density at radius 1 is 0.962 bits per heavy atom. The summed E-state index contributed by atoms with van der Waals surface area (Å²) in [5, 5.41) is 6.02. The van der Waals surface area contributed by atoms with Crippen LogP contribution >= 0.6 is 27.3 Å². The van der Waals surface area contributed by atoms with Crippen LogP contribution < -0.4 is 10.6 Å². The molecule has 0 saturated heterocycles. The maximum absolute atomic E-state index is 12.5. The zero-order valence-electron chi connectivity index (χ0n) is 14.2. The lowest BCUT2D eigenvalue weighted by Gasteiger charge is -2.06. The molecule has 1 aromatic heterocycles. The van der Waals surface area contributed by atoms with Gasteiger partial charge in [0, 0.05) is 15.7 Å². The summed E-state index contributed by atoms with van der Waals surface area (Å²) in [5.41, 5.74) is 2.83. The molecule has 0 spiro atoms. The molecule has 2 aromatic carbocycles. The zero-order chi connectivity index (χ0) is 18.7. The van der Waals surface area contributed by atoms with Gasteiger partial charge < -0.3 is 5.32 Å². The first-order valence-corrected chi connectivity index (χ1v) is 9.46. The first kappa shape index (κ1) is 18.3. The van der Waals surface area contributed by atoms with Crippen LogP contribution in [0.25, 0.3) is 0 Å². The van der Waals surface area contributed by atoms with Crippen molar-refractivity contribution in [1.29, 1.82) is 0 Å². The Morgan fingerprint density at radius 3 is 2.35 bits per heavy atom. The van der Waals surface area contributed by atoms with Crippen LogP contribution in [0.3, 0.4) is 0 Å². The molecule has 5 nitrogen and oxygen atoms in total. The number of thiazole rings is 1. The van der Waals surface area contributed by atoms with E-state index in [9.17, 15) is 9.59 Å². The van der Waals surface area contributed by atoms with Crippen molar-refractivity contribution in [2.75, 3.05) is 10.6 Å². The van der Waals surface area contributed by atoms with Crippen LogP contribution in [0.5, 0.6) is 0 Å². The van der Waals surface area contributed by atoms with E-state index in [0.29, 0.717) is 21.3 Å². The van der Waals surface area contributed by atoms with Crippen LogP contribution in [-0.2, 0) is 0 Å². The van der Waals surface area contributed by atoms with Gasteiger partial charge in [-0.25, -0.2) is 4.98 Å². The molecule has 0 aliphatic carbocycles. The van der Waals surface area contributed by atoms with Gasteiger partial charge in [-0.1, -0.05) is 45.5 Å². The summed E-state index contributed by atoms with van der Waals surface area (Å²) in [5.74, 6) is -0.504. The van der Waals surface area contributed by atoms with E-state index in [0.717, 1.165) is 27.1 Å². The van der Waals surface area contributed by atoms with Gasteiger partial charge in [-0.15, -0.1) is 0 Å². The molecular weight excluding hydrogens is 414 g/mol. The summed E-state index contributed by atoms with van der Waals surface area (Å²) in [7, 11) is 0. The third kappa shape index (κ3) is 4.17. The van der Waals surface area contributed by atoms with Crippen LogP contribution in [0, 0.1) is 13.8 Å². The van der Waals surface area contributed by atoms with Crippen LogP contribution in [-0.4, -0.2) is 16.8 Å². The number of nitrogens with one attached hydrogen (secondary N) is 2. The van der Waals surface area contributed by atoms with Crippen molar-refractivity contribution in [2.45, 2.75) is 13.8 Å². The quantitative estimate of drug-likeness (QED) is 0.610. The number of nitrogens with zero attached hydrogens (tertiary/aromatic N) is 1. The molecule has 0 aliphatic heterocycles. The Bertz CT molecular complexity index is 967. The second-order valence-corrected chi connectivity index (χ2v) is 7.58. The van der Waals surface area contributed by atoms with Gasteiger partial charge in [0.05, 0.1) is 5.69 Å². The van der Waals surface area contributed by atoms with Crippen LogP contribution in [0.1, 0.15) is 31.3 Å². The second kappa shape index (κ2) is 7.80. The normalized spacial score (nSPS) is 10.4. The molecule has 26 heavy (non-hydrogen) atoms. The molecule has 2 N–H and O–H groups in total. The third-order valence-corrected chi connectivity index (χ3v) is 5.32. The van der Waals surface area contributed by atoms with Gasteiger partial charge in [0.25, 0.3) is 11.8 Å². The highest BCUT2D eigenvalue weighted by Crippen LogP contribution is 2.25. The predicted molar refractivity (Wildman–Crippen MR) is 108 cm³/mol. The molecule has 0 unspecified atom stereocenters. The Morgan fingerprint density at radius 2 is 1.65 bits per heavy atom. The number of hydrogen-bond donors (Lipinski definition) is 2. The van der Waals surface area contributed by atoms with Gasteiger partial charge in [-0.3, -0.25) is 14.9 Å². The fourth-order valence-electron chi connectivity index (χ4n) is 2.32. The fourth-order valence-corrected chi connectivity index (χ4v) is 3.44. The molecule has 0 atom stereocenters. The minimum Gasteiger partial charge on any atom is -0.321 e. The molecule has 7 heteroatoms. The number of carbonyl (C=O) groups excluding carboxylic acids is 2. The number of anilines is 2. The van der Waals surface area contributed by atoms with Crippen molar-refractivity contribution in [3.63, 3.8) is 0 Å². The number of aromatic nitrogens is 1. The number of benzene rings is 2. The number of hydrogen-bond acceptors (Lipinski definition) is 4. The fraction of sp³-hybridized carbons (Fsp3) is 0.105. The largest absolute Gasteiger partial charge is 0.321 e. The average molecular weight is 430 g/mol. The molecule has 132 valence electrons. The number of amides is 2.